The highest BCUT2D eigenvalue weighted by molar-refractivity contribution is 5.77. The molecule has 0 spiro atoms. The van der Waals surface area contributed by atoms with Gasteiger partial charge in [-0.3, -0.25) is 9.59 Å². The van der Waals surface area contributed by atoms with E-state index in [4.69, 9.17) is 4.74 Å². The summed E-state index contributed by atoms with van der Waals surface area (Å²) in [4.78, 5) is 26.2. The Morgan fingerprint density at radius 1 is 0.492 bits per heavy atom. The third kappa shape index (κ3) is 46.2. The summed E-state index contributed by atoms with van der Waals surface area (Å²) in [6.45, 7) is 6.36. The van der Waals surface area contributed by atoms with E-state index in [1.54, 1.807) is 0 Å². The molecule has 0 bridgehead atoms. The summed E-state index contributed by atoms with van der Waals surface area (Å²) in [7, 11) is 0. The van der Waals surface area contributed by atoms with Crippen molar-refractivity contribution in [2.45, 2.75) is 296 Å². The Labute approximate surface area is 391 Å². The second-order valence-electron chi connectivity index (χ2n) is 18.6. The zero-order valence-corrected chi connectivity index (χ0v) is 42.0. The lowest BCUT2D eigenvalue weighted by atomic mass is 10.0. The summed E-state index contributed by atoms with van der Waals surface area (Å²) in [6, 6.07) is -0.710. The summed E-state index contributed by atoms with van der Waals surface area (Å²) in [5, 5.41) is 23.8. The highest BCUT2D eigenvalue weighted by Gasteiger charge is 2.24. The van der Waals surface area contributed by atoms with Gasteiger partial charge in [-0.1, -0.05) is 236 Å². The van der Waals surface area contributed by atoms with Gasteiger partial charge >= 0.3 is 5.97 Å². The van der Waals surface area contributed by atoms with Gasteiger partial charge in [0.25, 0.3) is 0 Å². The van der Waals surface area contributed by atoms with E-state index in [2.05, 4.69) is 74.7 Å². The monoisotopic (exact) mass is 884 g/mol. The summed E-state index contributed by atoms with van der Waals surface area (Å²) in [6.07, 6.45) is 61.7. The average molecular weight is 884 g/mol. The molecule has 1 amide bonds. The van der Waals surface area contributed by atoms with Crippen molar-refractivity contribution < 1.29 is 24.5 Å². The number of hydrogen-bond acceptors (Lipinski definition) is 5. The van der Waals surface area contributed by atoms with E-state index in [9.17, 15) is 19.8 Å². The van der Waals surface area contributed by atoms with Gasteiger partial charge in [0.15, 0.2) is 0 Å². The van der Waals surface area contributed by atoms with Crippen LogP contribution in [0.3, 0.4) is 0 Å². The average Bonchev–Trinajstić information content (AvgIpc) is 3.28. The van der Waals surface area contributed by atoms with Gasteiger partial charge in [0.05, 0.1) is 25.2 Å². The maximum atomic E-state index is 13.2. The van der Waals surface area contributed by atoms with Crippen molar-refractivity contribution in [1.82, 2.24) is 5.32 Å². The molecule has 0 aliphatic rings. The maximum Gasteiger partial charge on any atom is 0.306 e. The van der Waals surface area contributed by atoms with Crippen LogP contribution in [0.25, 0.3) is 0 Å². The van der Waals surface area contributed by atoms with E-state index in [0.29, 0.717) is 19.3 Å². The number of hydrogen-bond donors (Lipinski definition) is 3. The molecule has 3 N–H and O–H groups in total. The fourth-order valence-electron chi connectivity index (χ4n) is 8.28. The molecule has 0 saturated carbocycles. The number of esters is 1. The predicted molar refractivity (Wildman–Crippen MR) is 273 cm³/mol. The molecule has 0 rings (SSSR count). The molecule has 6 nitrogen and oxygen atoms in total. The fraction of sp³-hybridized carbons (Fsp3) is 0.825. The zero-order valence-electron chi connectivity index (χ0n) is 42.0. The molecule has 0 aromatic rings. The Hall–Kier alpha value is -2.18. The van der Waals surface area contributed by atoms with Gasteiger partial charge in [-0.25, -0.2) is 0 Å². The van der Waals surface area contributed by atoms with Gasteiger partial charge in [-0.15, -0.1) is 0 Å². The van der Waals surface area contributed by atoms with Crippen LogP contribution in [0.2, 0.25) is 0 Å². The maximum absolute atomic E-state index is 13.2. The highest BCUT2D eigenvalue weighted by Crippen LogP contribution is 2.18. The molecule has 0 radical (unpaired) electrons. The second-order valence-corrected chi connectivity index (χ2v) is 18.6. The Bertz CT molecular complexity index is 1080. The van der Waals surface area contributed by atoms with Crippen LogP contribution >= 0.6 is 0 Å². The summed E-state index contributed by atoms with van der Waals surface area (Å²) in [5.74, 6) is -0.496. The minimum atomic E-state index is -0.795. The molecule has 0 aliphatic carbocycles. The van der Waals surface area contributed by atoms with E-state index < -0.39 is 18.2 Å². The van der Waals surface area contributed by atoms with E-state index in [1.165, 1.54) is 135 Å². The van der Waals surface area contributed by atoms with Crippen LogP contribution in [0.15, 0.2) is 48.6 Å². The lowest BCUT2D eigenvalue weighted by Gasteiger charge is -2.24. The molecule has 63 heavy (non-hydrogen) atoms. The molecule has 368 valence electrons. The lowest BCUT2D eigenvalue weighted by Crippen LogP contribution is -2.46. The minimum absolute atomic E-state index is 0.0616. The molecule has 0 aromatic carbocycles. The number of nitrogens with one attached hydrogen (secondary N) is 1. The third-order valence-corrected chi connectivity index (χ3v) is 12.4. The number of aliphatic hydroxyl groups is 2. The van der Waals surface area contributed by atoms with Gasteiger partial charge in [0, 0.05) is 6.42 Å². The Balaban J connectivity index is 4.53. The molecular weight excluding hydrogens is 779 g/mol. The molecule has 0 heterocycles. The summed E-state index contributed by atoms with van der Waals surface area (Å²) >= 11 is 0. The molecule has 3 atom stereocenters. The van der Waals surface area contributed by atoms with E-state index >= 15 is 0 Å². The van der Waals surface area contributed by atoms with Crippen molar-refractivity contribution in [1.29, 1.82) is 0 Å². The van der Waals surface area contributed by atoms with Gasteiger partial charge in [-0.2, -0.15) is 0 Å². The van der Waals surface area contributed by atoms with Crippen LogP contribution in [0.1, 0.15) is 278 Å². The number of ether oxygens (including phenoxy) is 1. The number of carbonyl (C=O) groups is 2. The second kappa shape index (κ2) is 50.8. The van der Waals surface area contributed by atoms with Crippen molar-refractivity contribution >= 4 is 11.9 Å². The molecular formula is C57H105NO5. The standard InChI is InChI=1S/C57H105NO5/c1-4-7-10-13-16-19-22-25-27-28-29-31-34-37-40-43-46-49-55(60)54(52-59)58-56(61)51-53(48-45-42-39-36-33-30-24-21-18-15-12-9-6-3)63-57(62)50-47-44-41-38-35-32-26-23-20-17-14-11-8-5-2/h8,11,17-18,20-21,24,30,53-55,59-60H,4-7,9-10,12-16,19,22-23,25-29,31-52H2,1-3H3,(H,58,61)/b11-8+,20-17+,21-18+,30-24+. The topological polar surface area (TPSA) is 95.9 Å². The SMILES string of the molecule is CC/C=C/C/C=C/CCCCCCCCCC(=O)OC(CCCCCC/C=C/C=C/CCCCC)CC(=O)NC(CO)C(O)CCCCCCCCCCCCCCCCCCC. The first-order chi connectivity index (χ1) is 31.0. The number of carbonyl (C=O) groups excluding carboxylic acids is 2. The van der Waals surface area contributed by atoms with E-state index in [-0.39, 0.29) is 24.9 Å². The van der Waals surface area contributed by atoms with Gasteiger partial charge < -0.3 is 20.3 Å². The van der Waals surface area contributed by atoms with Gasteiger partial charge in [0.2, 0.25) is 5.91 Å². The van der Waals surface area contributed by atoms with E-state index in [1.807, 2.05) is 0 Å². The minimum Gasteiger partial charge on any atom is -0.462 e. The number of unbranched alkanes of at least 4 members (excludes halogenated alkanes) is 30. The third-order valence-electron chi connectivity index (χ3n) is 12.4. The largest absolute Gasteiger partial charge is 0.462 e. The van der Waals surface area contributed by atoms with E-state index in [0.717, 1.165) is 96.3 Å². The predicted octanol–water partition coefficient (Wildman–Crippen LogP) is 16.6. The quantitative estimate of drug-likeness (QED) is 0.0245. The van der Waals surface area contributed by atoms with Gasteiger partial charge in [0.1, 0.15) is 6.10 Å². The van der Waals surface area contributed by atoms with Crippen molar-refractivity contribution in [3.05, 3.63) is 48.6 Å². The lowest BCUT2D eigenvalue weighted by molar-refractivity contribution is -0.151. The Morgan fingerprint density at radius 3 is 1.41 bits per heavy atom. The molecule has 3 unspecified atom stereocenters. The summed E-state index contributed by atoms with van der Waals surface area (Å²) < 4.78 is 5.93. The first-order valence-electron chi connectivity index (χ1n) is 27.4. The van der Waals surface area contributed by atoms with Crippen LogP contribution in [-0.2, 0) is 14.3 Å². The summed E-state index contributed by atoms with van der Waals surface area (Å²) in [5.41, 5.74) is 0. The number of allylic oxidation sites excluding steroid dienone is 8. The van der Waals surface area contributed by atoms with Crippen molar-refractivity contribution in [3.8, 4) is 0 Å². The molecule has 0 saturated heterocycles. The van der Waals surface area contributed by atoms with Gasteiger partial charge in [-0.05, 0) is 77.0 Å². The Morgan fingerprint density at radius 2 is 0.905 bits per heavy atom. The number of aliphatic hydroxyl groups excluding tert-OH is 2. The van der Waals surface area contributed by atoms with Crippen LogP contribution in [-0.4, -0.2) is 46.9 Å². The van der Waals surface area contributed by atoms with Crippen molar-refractivity contribution in [3.63, 3.8) is 0 Å². The van der Waals surface area contributed by atoms with Crippen LogP contribution < -0.4 is 5.32 Å². The molecule has 6 heteroatoms. The smallest absolute Gasteiger partial charge is 0.306 e. The zero-order chi connectivity index (χ0) is 45.9. The normalized spacial score (nSPS) is 13.5. The molecule has 0 fully saturated rings. The fourth-order valence-corrected chi connectivity index (χ4v) is 8.28. The number of amides is 1. The van der Waals surface area contributed by atoms with Crippen LogP contribution in [0.5, 0.6) is 0 Å². The van der Waals surface area contributed by atoms with Crippen molar-refractivity contribution in [2.24, 2.45) is 0 Å². The molecule has 0 aliphatic heterocycles. The molecule has 0 aromatic heterocycles. The van der Waals surface area contributed by atoms with Crippen LogP contribution in [0, 0.1) is 0 Å². The van der Waals surface area contributed by atoms with Crippen LogP contribution in [0.4, 0.5) is 0 Å². The highest BCUT2D eigenvalue weighted by atomic mass is 16.5. The number of rotatable bonds is 49. The first kappa shape index (κ1) is 60.8. The first-order valence-corrected chi connectivity index (χ1v) is 27.4. The van der Waals surface area contributed by atoms with Crippen molar-refractivity contribution in [2.75, 3.05) is 6.61 Å². The Kier molecular flexibility index (Phi) is 49.1.